The van der Waals surface area contributed by atoms with Gasteiger partial charge in [0.1, 0.15) is 6.61 Å². The van der Waals surface area contributed by atoms with Crippen LogP contribution >= 0.6 is 0 Å². The van der Waals surface area contributed by atoms with Crippen molar-refractivity contribution in [2.75, 3.05) is 0 Å². The van der Waals surface area contributed by atoms with Crippen molar-refractivity contribution in [3.05, 3.63) is 35.9 Å². The third-order valence-electron chi connectivity index (χ3n) is 4.33. The van der Waals surface area contributed by atoms with E-state index < -0.39 is 33.6 Å². The predicted molar refractivity (Wildman–Crippen MR) is 87.3 cm³/mol. The van der Waals surface area contributed by atoms with Crippen LogP contribution < -0.4 is 0 Å². The van der Waals surface area contributed by atoms with Crippen LogP contribution in [0.5, 0.6) is 0 Å². The Morgan fingerprint density at radius 1 is 1.12 bits per heavy atom. The van der Waals surface area contributed by atoms with E-state index in [0.29, 0.717) is 12.8 Å². The van der Waals surface area contributed by atoms with Crippen LogP contribution in [0, 0.1) is 5.92 Å². The molecule has 5 nitrogen and oxygen atoms in total. The van der Waals surface area contributed by atoms with E-state index in [4.69, 9.17) is 4.74 Å². The summed E-state index contributed by atoms with van der Waals surface area (Å²) in [6.45, 7) is 0.118. The number of hydrogen-bond donors (Lipinski definition) is 0. The summed E-state index contributed by atoms with van der Waals surface area (Å²) >= 11 is 0. The van der Waals surface area contributed by atoms with Gasteiger partial charge in [-0.25, -0.2) is 0 Å². The van der Waals surface area contributed by atoms with E-state index in [1.54, 1.807) is 12.1 Å². The number of halogens is 3. The molecule has 1 aromatic rings. The second kappa shape index (κ2) is 8.85. The quantitative estimate of drug-likeness (QED) is 0.398. The van der Waals surface area contributed by atoms with Gasteiger partial charge in [0.2, 0.25) is 0 Å². The molecule has 1 saturated carbocycles. The minimum atomic E-state index is -5.63. The summed E-state index contributed by atoms with van der Waals surface area (Å²) in [5.74, 6) is -0.901. The molecule has 0 aromatic heterocycles. The normalized spacial score (nSPS) is 21.3. The lowest BCUT2D eigenvalue weighted by Gasteiger charge is -2.30. The molecule has 0 N–H and O–H groups in total. The number of esters is 1. The highest BCUT2D eigenvalue weighted by molar-refractivity contribution is 7.87. The molecule has 146 valence electrons. The number of alkyl halides is 3. The van der Waals surface area contributed by atoms with Crippen LogP contribution in [0.3, 0.4) is 0 Å². The molecule has 1 fully saturated rings. The van der Waals surface area contributed by atoms with Crippen molar-refractivity contribution < 1.29 is 35.3 Å². The highest BCUT2D eigenvalue weighted by Crippen LogP contribution is 2.35. The van der Waals surface area contributed by atoms with Gasteiger partial charge in [-0.15, -0.1) is 0 Å². The Morgan fingerprint density at radius 2 is 1.77 bits per heavy atom. The summed E-state index contributed by atoms with van der Waals surface area (Å²) in [5.41, 5.74) is -4.61. The Hall–Kier alpha value is -1.61. The molecule has 1 aliphatic rings. The minimum Gasteiger partial charge on any atom is -0.461 e. The average Bonchev–Trinajstić information content (AvgIpc) is 2.59. The highest BCUT2D eigenvalue weighted by Gasteiger charge is 2.49. The Labute approximate surface area is 150 Å². The van der Waals surface area contributed by atoms with Crippen molar-refractivity contribution in [1.29, 1.82) is 0 Å². The SMILES string of the molecule is O=C(CCC1CCCC[C@H]1OS(=O)(=O)C(F)(F)F)OCc1ccccc1. The van der Waals surface area contributed by atoms with Gasteiger partial charge in [-0.05, 0) is 30.7 Å². The van der Waals surface area contributed by atoms with Gasteiger partial charge < -0.3 is 4.74 Å². The maximum absolute atomic E-state index is 12.5. The molecule has 0 bridgehead atoms. The topological polar surface area (TPSA) is 69.7 Å². The summed E-state index contributed by atoms with van der Waals surface area (Å²) < 4.78 is 69.5. The van der Waals surface area contributed by atoms with Crippen LogP contribution in [0.1, 0.15) is 44.1 Å². The third-order valence-corrected chi connectivity index (χ3v) is 5.40. The number of hydrogen-bond acceptors (Lipinski definition) is 5. The van der Waals surface area contributed by atoms with Gasteiger partial charge in [0, 0.05) is 6.42 Å². The molecule has 0 spiro atoms. The van der Waals surface area contributed by atoms with Crippen LogP contribution in [-0.2, 0) is 30.4 Å². The molecule has 1 unspecified atom stereocenters. The van der Waals surface area contributed by atoms with Gasteiger partial charge in [-0.1, -0.05) is 43.2 Å². The molecule has 0 heterocycles. The molecule has 2 rings (SSSR count). The zero-order valence-corrected chi connectivity index (χ0v) is 14.9. The number of carbonyl (C=O) groups is 1. The van der Waals surface area contributed by atoms with E-state index in [-0.39, 0.29) is 25.9 Å². The van der Waals surface area contributed by atoms with Gasteiger partial charge in [0.05, 0.1) is 6.10 Å². The molecule has 2 atom stereocenters. The van der Waals surface area contributed by atoms with Crippen LogP contribution in [0.2, 0.25) is 0 Å². The summed E-state index contributed by atoms with van der Waals surface area (Å²) in [7, 11) is -5.63. The second-order valence-corrected chi connectivity index (χ2v) is 7.83. The van der Waals surface area contributed by atoms with E-state index in [1.165, 1.54) is 0 Å². The molecule has 0 radical (unpaired) electrons. The monoisotopic (exact) mass is 394 g/mol. The van der Waals surface area contributed by atoms with Crippen molar-refractivity contribution in [2.45, 2.75) is 56.7 Å². The summed E-state index contributed by atoms with van der Waals surface area (Å²) in [5, 5.41) is 0. The van der Waals surface area contributed by atoms with Gasteiger partial charge in [-0.2, -0.15) is 21.6 Å². The van der Waals surface area contributed by atoms with Crippen LogP contribution in [-0.4, -0.2) is 26.0 Å². The minimum absolute atomic E-state index is 0.00340. The van der Waals surface area contributed by atoms with Gasteiger partial charge in [0.25, 0.3) is 0 Å². The van der Waals surface area contributed by atoms with Crippen molar-refractivity contribution in [3.63, 3.8) is 0 Å². The van der Waals surface area contributed by atoms with Crippen LogP contribution in [0.15, 0.2) is 30.3 Å². The fourth-order valence-corrected chi connectivity index (χ4v) is 3.65. The average molecular weight is 394 g/mol. The van der Waals surface area contributed by atoms with Gasteiger partial charge in [0.15, 0.2) is 0 Å². The van der Waals surface area contributed by atoms with E-state index in [1.807, 2.05) is 18.2 Å². The number of ether oxygens (including phenoxy) is 1. The molecule has 26 heavy (non-hydrogen) atoms. The fourth-order valence-electron chi connectivity index (χ4n) is 2.96. The maximum Gasteiger partial charge on any atom is 0.523 e. The molecular formula is C17H21F3O5S. The van der Waals surface area contributed by atoms with Crippen LogP contribution in [0.4, 0.5) is 13.2 Å². The molecular weight excluding hydrogens is 373 g/mol. The first-order valence-corrected chi connectivity index (χ1v) is 9.79. The largest absolute Gasteiger partial charge is 0.523 e. The Balaban J connectivity index is 1.85. The van der Waals surface area contributed by atoms with E-state index in [0.717, 1.165) is 12.0 Å². The first-order chi connectivity index (χ1) is 12.2. The van der Waals surface area contributed by atoms with Gasteiger partial charge in [-0.3, -0.25) is 8.98 Å². The smallest absolute Gasteiger partial charge is 0.461 e. The van der Waals surface area contributed by atoms with Crippen molar-refractivity contribution >= 4 is 16.1 Å². The standard InChI is InChI=1S/C17H21F3O5S/c18-17(19,20)26(22,23)25-15-9-5-4-8-14(15)10-11-16(21)24-12-13-6-2-1-3-7-13/h1-3,6-7,14-15H,4-5,8-12H2/t14?,15-/m1/s1. The molecule has 0 saturated heterocycles. The molecule has 1 aliphatic carbocycles. The van der Waals surface area contributed by atoms with Crippen molar-refractivity contribution in [3.8, 4) is 0 Å². The summed E-state index contributed by atoms with van der Waals surface area (Å²) in [6, 6.07) is 9.08. The first-order valence-electron chi connectivity index (χ1n) is 8.38. The van der Waals surface area contributed by atoms with Gasteiger partial charge >= 0.3 is 21.6 Å². The molecule has 1 aromatic carbocycles. The van der Waals surface area contributed by atoms with Crippen LogP contribution in [0.25, 0.3) is 0 Å². The van der Waals surface area contributed by atoms with Crippen molar-refractivity contribution in [1.82, 2.24) is 0 Å². The van der Waals surface area contributed by atoms with E-state index >= 15 is 0 Å². The fraction of sp³-hybridized carbons (Fsp3) is 0.588. The lowest BCUT2D eigenvalue weighted by atomic mass is 9.83. The predicted octanol–water partition coefficient (Wildman–Crippen LogP) is 3.94. The number of rotatable bonds is 7. The zero-order chi connectivity index (χ0) is 19.2. The van der Waals surface area contributed by atoms with E-state index in [2.05, 4.69) is 4.18 Å². The lowest BCUT2D eigenvalue weighted by molar-refractivity contribution is -0.145. The Bertz CT molecular complexity index is 688. The van der Waals surface area contributed by atoms with Crippen molar-refractivity contribution in [2.24, 2.45) is 5.92 Å². The molecule has 0 amide bonds. The third kappa shape index (κ3) is 5.98. The van der Waals surface area contributed by atoms with E-state index in [9.17, 15) is 26.4 Å². The Kier molecular flexibility index (Phi) is 7.05. The lowest BCUT2D eigenvalue weighted by Crippen LogP contribution is -2.35. The highest BCUT2D eigenvalue weighted by atomic mass is 32.2. The molecule has 0 aliphatic heterocycles. The number of carbonyl (C=O) groups excluding carboxylic acids is 1. The Morgan fingerprint density at radius 3 is 2.42 bits per heavy atom. The second-order valence-electron chi connectivity index (χ2n) is 6.26. The first kappa shape index (κ1) is 20.7. The number of benzene rings is 1. The summed E-state index contributed by atoms with van der Waals surface area (Å²) in [4.78, 5) is 11.8. The maximum atomic E-state index is 12.5. The summed E-state index contributed by atoms with van der Waals surface area (Å²) in [6.07, 6.45) is 1.26. The zero-order valence-electron chi connectivity index (χ0n) is 14.1. The molecule has 9 heteroatoms.